The Morgan fingerprint density at radius 3 is 1.77 bits per heavy atom. The molecular formula is C28H28N2. The number of piperidine rings is 1. The van der Waals surface area contributed by atoms with Gasteiger partial charge in [-0.05, 0) is 47.3 Å². The highest BCUT2D eigenvalue weighted by Crippen LogP contribution is 2.55. The van der Waals surface area contributed by atoms with Crippen LogP contribution in [0.25, 0.3) is 0 Å². The molecule has 0 N–H and O–H groups in total. The minimum atomic E-state index is -0.552. The highest BCUT2D eigenvalue weighted by molar-refractivity contribution is 5.45. The largest absolute Gasteiger partial charge is 0.298 e. The fraction of sp³-hybridized carbons (Fsp3) is 0.321. The number of nitriles is 1. The van der Waals surface area contributed by atoms with Gasteiger partial charge >= 0.3 is 0 Å². The molecule has 2 heteroatoms. The van der Waals surface area contributed by atoms with Crippen LogP contribution in [0.3, 0.4) is 0 Å². The first-order chi connectivity index (χ1) is 14.8. The number of rotatable bonds is 7. The predicted octanol–water partition coefficient (Wildman–Crippen LogP) is 5.65. The second kappa shape index (κ2) is 8.09. The molecule has 1 aliphatic carbocycles. The molecule has 2 nitrogen and oxygen atoms in total. The van der Waals surface area contributed by atoms with Gasteiger partial charge in [-0.25, -0.2) is 0 Å². The van der Waals surface area contributed by atoms with Gasteiger partial charge in [-0.15, -0.1) is 0 Å². The molecule has 1 saturated carbocycles. The third-order valence-corrected chi connectivity index (χ3v) is 7.27. The van der Waals surface area contributed by atoms with Gasteiger partial charge in [0.2, 0.25) is 0 Å². The second-order valence-corrected chi connectivity index (χ2v) is 8.96. The summed E-state index contributed by atoms with van der Waals surface area (Å²) in [5, 5.41) is 10.4. The van der Waals surface area contributed by atoms with Crippen molar-refractivity contribution in [1.29, 1.82) is 5.26 Å². The fourth-order valence-corrected chi connectivity index (χ4v) is 5.60. The molecule has 3 aromatic carbocycles. The second-order valence-electron chi connectivity index (χ2n) is 8.96. The van der Waals surface area contributed by atoms with E-state index in [0.29, 0.717) is 0 Å². The summed E-state index contributed by atoms with van der Waals surface area (Å²) in [5.41, 5.74) is 3.10. The number of fused-ring (bicyclic) bond motifs is 1. The van der Waals surface area contributed by atoms with Gasteiger partial charge in [0.05, 0.1) is 6.07 Å². The summed E-state index contributed by atoms with van der Waals surface area (Å²) in [6, 6.07) is 34.3. The molecule has 0 spiro atoms. The van der Waals surface area contributed by atoms with E-state index in [4.69, 9.17) is 0 Å². The van der Waals surface area contributed by atoms with E-state index >= 15 is 0 Å². The maximum atomic E-state index is 10.4. The van der Waals surface area contributed by atoms with Gasteiger partial charge in [-0.3, -0.25) is 4.90 Å². The Balaban J connectivity index is 1.27. The van der Waals surface area contributed by atoms with E-state index in [9.17, 15) is 5.26 Å². The Morgan fingerprint density at radius 2 is 1.27 bits per heavy atom. The number of hydrogen-bond acceptors (Lipinski definition) is 2. The topological polar surface area (TPSA) is 27.0 Å². The third kappa shape index (κ3) is 3.55. The van der Waals surface area contributed by atoms with Crippen molar-refractivity contribution >= 4 is 0 Å². The molecule has 30 heavy (non-hydrogen) atoms. The Hall–Kier alpha value is -2.89. The zero-order valence-electron chi connectivity index (χ0n) is 17.3. The first kappa shape index (κ1) is 19.1. The molecule has 2 fully saturated rings. The van der Waals surface area contributed by atoms with E-state index in [1.54, 1.807) is 0 Å². The average Bonchev–Trinajstić information content (AvgIpc) is 3.27. The van der Waals surface area contributed by atoms with Gasteiger partial charge in [0.25, 0.3) is 0 Å². The molecular weight excluding hydrogens is 364 g/mol. The first-order valence-corrected chi connectivity index (χ1v) is 11.1. The van der Waals surface area contributed by atoms with Crippen molar-refractivity contribution in [2.24, 2.45) is 17.8 Å². The lowest BCUT2D eigenvalue weighted by Crippen LogP contribution is -2.27. The van der Waals surface area contributed by atoms with Gasteiger partial charge < -0.3 is 0 Å². The van der Waals surface area contributed by atoms with Gasteiger partial charge in [-0.1, -0.05) is 91.0 Å². The minimum Gasteiger partial charge on any atom is -0.298 e. The van der Waals surface area contributed by atoms with Crippen molar-refractivity contribution in [3.63, 3.8) is 0 Å². The van der Waals surface area contributed by atoms with Crippen molar-refractivity contribution in [3.05, 3.63) is 108 Å². The van der Waals surface area contributed by atoms with Crippen LogP contribution in [0.2, 0.25) is 0 Å². The summed E-state index contributed by atoms with van der Waals surface area (Å²) in [7, 11) is 0. The van der Waals surface area contributed by atoms with Crippen LogP contribution < -0.4 is 0 Å². The lowest BCUT2D eigenvalue weighted by Gasteiger charge is -2.29. The molecule has 0 aromatic heterocycles. The van der Waals surface area contributed by atoms with Gasteiger partial charge in [0, 0.05) is 19.6 Å². The molecule has 2 atom stereocenters. The Bertz CT molecular complexity index is 955. The van der Waals surface area contributed by atoms with E-state index in [-0.39, 0.29) is 0 Å². The first-order valence-electron chi connectivity index (χ1n) is 11.1. The molecule has 1 heterocycles. The van der Waals surface area contributed by atoms with Crippen LogP contribution in [0.5, 0.6) is 0 Å². The summed E-state index contributed by atoms with van der Waals surface area (Å²) in [5.74, 6) is 2.41. The van der Waals surface area contributed by atoms with E-state index in [1.807, 2.05) is 12.1 Å². The summed E-state index contributed by atoms with van der Waals surface area (Å²) in [6.07, 6.45) is 2.03. The summed E-state index contributed by atoms with van der Waals surface area (Å²) >= 11 is 0. The number of benzene rings is 3. The molecule has 0 amide bonds. The zero-order chi connectivity index (χ0) is 20.4. The highest BCUT2D eigenvalue weighted by atomic mass is 15.2. The van der Waals surface area contributed by atoms with Crippen molar-refractivity contribution in [2.45, 2.75) is 24.8 Å². The summed E-state index contributed by atoms with van der Waals surface area (Å²) in [4.78, 5) is 2.60. The standard InChI is InChI=1S/C28H28N2/c29-21-28(23-12-6-2-7-13-23,24-14-8-3-9-15-24)17-16-25-26-19-30(20-27(25)26)18-22-10-4-1-5-11-22/h1-15,25-27H,16-20H2. The SMILES string of the molecule is N#CC(CCC1C2CN(Cc3ccccc3)CC12)(c1ccccc1)c1ccccc1. The van der Waals surface area contributed by atoms with Crippen molar-refractivity contribution in [3.8, 4) is 6.07 Å². The van der Waals surface area contributed by atoms with E-state index in [1.165, 1.54) is 18.7 Å². The minimum absolute atomic E-state index is 0.552. The van der Waals surface area contributed by atoms with Gasteiger partial charge in [0.15, 0.2) is 0 Å². The van der Waals surface area contributed by atoms with Crippen LogP contribution in [0, 0.1) is 29.1 Å². The lowest BCUT2D eigenvalue weighted by atomic mass is 9.72. The van der Waals surface area contributed by atoms with Crippen LogP contribution in [0.15, 0.2) is 91.0 Å². The molecule has 3 aromatic rings. The smallest absolute Gasteiger partial charge is 0.107 e. The van der Waals surface area contributed by atoms with Crippen LogP contribution >= 0.6 is 0 Å². The molecule has 2 aliphatic rings. The van der Waals surface area contributed by atoms with Crippen molar-refractivity contribution in [1.82, 2.24) is 4.90 Å². The molecule has 150 valence electrons. The number of hydrogen-bond donors (Lipinski definition) is 0. The van der Waals surface area contributed by atoms with Gasteiger partial charge in [0.1, 0.15) is 5.41 Å². The maximum absolute atomic E-state index is 10.4. The molecule has 0 radical (unpaired) electrons. The molecule has 1 aliphatic heterocycles. The van der Waals surface area contributed by atoms with Crippen LogP contribution in [-0.2, 0) is 12.0 Å². The Morgan fingerprint density at radius 1 is 0.767 bits per heavy atom. The zero-order valence-corrected chi connectivity index (χ0v) is 17.3. The van der Waals surface area contributed by atoms with Gasteiger partial charge in [-0.2, -0.15) is 5.26 Å². The molecule has 2 unspecified atom stereocenters. The Labute approximate surface area is 179 Å². The fourth-order valence-electron chi connectivity index (χ4n) is 5.60. The van der Waals surface area contributed by atoms with Crippen LogP contribution in [0.4, 0.5) is 0 Å². The molecule has 0 bridgehead atoms. The van der Waals surface area contributed by atoms with Crippen molar-refractivity contribution < 1.29 is 0 Å². The number of likely N-dealkylation sites (tertiary alicyclic amines) is 1. The van der Waals surface area contributed by atoms with E-state index in [0.717, 1.165) is 48.3 Å². The molecule has 5 rings (SSSR count). The number of nitrogens with zero attached hydrogens (tertiary/aromatic N) is 2. The molecule has 1 saturated heterocycles. The monoisotopic (exact) mass is 392 g/mol. The summed E-state index contributed by atoms with van der Waals surface area (Å²) in [6.45, 7) is 3.48. The normalized spacial score (nSPS) is 23.0. The predicted molar refractivity (Wildman–Crippen MR) is 121 cm³/mol. The quantitative estimate of drug-likeness (QED) is 0.519. The van der Waals surface area contributed by atoms with Crippen molar-refractivity contribution in [2.75, 3.05) is 13.1 Å². The van der Waals surface area contributed by atoms with E-state index < -0.39 is 5.41 Å². The third-order valence-electron chi connectivity index (χ3n) is 7.27. The highest BCUT2D eigenvalue weighted by Gasteiger charge is 2.55. The Kier molecular flexibility index (Phi) is 5.15. The van der Waals surface area contributed by atoms with Crippen LogP contribution in [0.1, 0.15) is 29.5 Å². The van der Waals surface area contributed by atoms with Crippen LogP contribution in [-0.4, -0.2) is 18.0 Å². The maximum Gasteiger partial charge on any atom is 0.107 e. The van der Waals surface area contributed by atoms with E-state index in [2.05, 4.69) is 89.8 Å². The average molecular weight is 393 g/mol. The lowest BCUT2D eigenvalue weighted by molar-refractivity contribution is 0.271. The summed E-state index contributed by atoms with van der Waals surface area (Å²) < 4.78 is 0.